The van der Waals surface area contributed by atoms with Crippen molar-refractivity contribution in [3.63, 3.8) is 0 Å². The van der Waals surface area contributed by atoms with E-state index in [0.29, 0.717) is 6.54 Å². The van der Waals surface area contributed by atoms with Gasteiger partial charge < -0.3 is 10.6 Å². The minimum absolute atomic E-state index is 0. The molecule has 0 aromatic rings. The Labute approximate surface area is 109 Å². The van der Waals surface area contributed by atoms with Gasteiger partial charge in [0.2, 0.25) is 5.91 Å². The smallest absolute Gasteiger partial charge is 0.224 e. The predicted octanol–water partition coefficient (Wildman–Crippen LogP) is -0.0429. The number of halogens is 1. The molecule has 0 bridgehead atoms. The Morgan fingerprint density at radius 1 is 1.53 bits per heavy atom. The number of hydrogen-bond donors (Lipinski definition) is 2. The summed E-state index contributed by atoms with van der Waals surface area (Å²) in [5, 5.41) is 5.91. The highest BCUT2D eigenvalue weighted by molar-refractivity contribution is 7.90. The molecular weight excluding hydrogens is 264 g/mol. The molecule has 0 saturated carbocycles. The first kappa shape index (κ1) is 16.7. The molecule has 0 spiro atoms. The van der Waals surface area contributed by atoms with E-state index in [4.69, 9.17) is 0 Å². The first-order valence-electron chi connectivity index (χ1n) is 5.57. The van der Waals surface area contributed by atoms with E-state index in [0.717, 1.165) is 19.4 Å². The van der Waals surface area contributed by atoms with E-state index < -0.39 is 9.84 Å². The second-order valence-electron chi connectivity index (χ2n) is 4.55. The molecule has 1 aliphatic heterocycles. The molecule has 1 fully saturated rings. The van der Waals surface area contributed by atoms with Gasteiger partial charge in [-0.1, -0.05) is 0 Å². The van der Waals surface area contributed by atoms with Crippen molar-refractivity contribution in [1.82, 2.24) is 10.6 Å². The summed E-state index contributed by atoms with van der Waals surface area (Å²) in [7, 11) is -3.03. The van der Waals surface area contributed by atoms with Crippen molar-refractivity contribution >= 4 is 28.2 Å². The highest BCUT2D eigenvalue weighted by Gasteiger charge is 2.22. The van der Waals surface area contributed by atoms with Crippen LogP contribution >= 0.6 is 12.4 Å². The molecule has 0 aromatic carbocycles. The Morgan fingerprint density at radius 3 is 2.65 bits per heavy atom. The molecule has 0 aromatic heterocycles. The number of sulfone groups is 1. The zero-order chi connectivity index (χ0) is 12.2. The highest BCUT2D eigenvalue weighted by Crippen LogP contribution is 2.10. The minimum atomic E-state index is -3.03. The SMILES string of the molecule is CC(CS(C)(=O)=O)NC(=O)[C@@H]1CCCNC1.Cl. The van der Waals surface area contributed by atoms with Crippen molar-refractivity contribution in [3.05, 3.63) is 0 Å². The standard InChI is InChI=1S/C10H20N2O3S.ClH/c1-8(7-16(2,14)15)12-10(13)9-4-3-5-11-6-9;/h8-9,11H,3-7H2,1-2H3,(H,12,13);1H/t8?,9-;/m1./s1. The van der Waals surface area contributed by atoms with Crippen LogP contribution in [-0.2, 0) is 14.6 Å². The third-order valence-corrected chi connectivity index (χ3v) is 3.71. The van der Waals surface area contributed by atoms with Crippen LogP contribution in [0.15, 0.2) is 0 Å². The molecule has 2 atom stereocenters. The summed E-state index contributed by atoms with van der Waals surface area (Å²) in [6.07, 6.45) is 3.06. The normalized spacial score (nSPS) is 22.4. The van der Waals surface area contributed by atoms with E-state index in [1.807, 2.05) is 0 Å². The number of piperidine rings is 1. The fraction of sp³-hybridized carbons (Fsp3) is 0.900. The number of carbonyl (C=O) groups excluding carboxylic acids is 1. The van der Waals surface area contributed by atoms with Crippen LogP contribution in [0.5, 0.6) is 0 Å². The van der Waals surface area contributed by atoms with Gasteiger partial charge in [0.15, 0.2) is 0 Å². The lowest BCUT2D eigenvalue weighted by Gasteiger charge is -2.23. The lowest BCUT2D eigenvalue weighted by atomic mass is 9.98. The summed E-state index contributed by atoms with van der Waals surface area (Å²) >= 11 is 0. The minimum Gasteiger partial charge on any atom is -0.352 e. The molecule has 1 heterocycles. The Balaban J connectivity index is 0.00000256. The van der Waals surface area contributed by atoms with E-state index in [-0.39, 0.29) is 36.0 Å². The Morgan fingerprint density at radius 2 is 2.18 bits per heavy atom. The summed E-state index contributed by atoms with van der Waals surface area (Å²) in [6.45, 7) is 3.37. The lowest BCUT2D eigenvalue weighted by Crippen LogP contribution is -2.45. The molecule has 1 amide bonds. The third kappa shape index (κ3) is 6.85. The molecule has 5 nitrogen and oxygen atoms in total. The summed E-state index contributed by atoms with van der Waals surface area (Å²) < 4.78 is 22.1. The van der Waals surface area contributed by atoms with Crippen LogP contribution in [0.4, 0.5) is 0 Å². The van der Waals surface area contributed by atoms with Crippen LogP contribution in [0.25, 0.3) is 0 Å². The monoisotopic (exact) mass is 284 g/mol. The number of hydrogen-bond acceptors (Lipinski definition) is 4. The number of carbonyl (C=O) groups is 1. The van der Waals surface area contributed by atoms with Crippen LogP contribution in [-0.4, -0.2) is 45.5 Å². The van der Waals surface area contributed by atoms with E-state index in [9.17, 15) is 13.2 Å². The molecule has 0 radical (unpaired) electrons. The van der Waals surface area contributed by atoms with E-state index >= 15 is 0 Å². The van der Waals surface area contributed by atoms with Crippen LogP contribution in [0, 0.1) is 5.92 Å². The van der Waals surface area contributed by atoms with Crippen molar-refractivity contribution in [2.24, 2.45) is 5.92 Å². The summed E-state index contributed by atoms with van der Waals surface area (Å²) in [5.41, 5.74) is 0. The van der Waals surface area contributed by atoms with Crippen LogP contribution in [0.1, 0.15) is 19.8 Å². The lowest BCUT2D eigenvalue weighted by molar-refractivity contribution is -0.125. The van der Waals surface area contributed by atoms with Gasteiger partial charge >= 0.3 is 0 Å². The fourth-order valence-corrected chi connectivity index (χ4v) is 2.92. The van der Waals surface area contributed by atoms with Gasteiger partial charge in [0.05, 0.1) is 11.7 Å². The average Bonchev–Trinajstić information content (AvgIpc) is 2.16. The Kier molecular flexibility index (Phi) is 7.04. The zero-order valence-corrected chi connectivity index (χ0v) is 11.9. The van der Waals surface area contributed by atoms with Crippen LogP contribution < -0.4 is 10.6 Å². The number of rotatable bonds is 4. The van der Waals surface area contributed by atoms with Crippen molar-refractivity contribution in [2.75, 3.05) is 25.1 Å². The summed E-state index contributed by atoms with van der Waals surface area (Å²) in [5.74, 6) is -0.0575. The van der Waals surface area contributed by atoms with Crippen molar-refractivity contribution < 1.29 is 13.2 Å². The van der Waals surface area contributed by atoms with E-state index in [1.54, 1.807) is 6.92 Å². The largest absolute Gasteiger partial charge is 0.352 e. The van der Waals surface area contributed by atoms with Gasteiger partial charge in [0.25, 0.3) is 0 Å². The maximum absolute atomic E-state index is 11.7. The van der Waals surface area contributed by atoms with Gasteiger partial charge in [0.1, 0.15) is 9.84 Å². The average molecular weight is 285 g/mol. The Hall–Kier alpha value is -0.330. The summed E-state index contributed by atoms with van der Waals surface area (Å²) in [4.78, 5) is 11.7. The second-order valence-corrected chi connectivity index (χ2v) is 6.73. The first-order valence-corrected chi connectivity index (χ1v) is 7.63. The van der Waals surface area contributed by atoms with Crippen LogP contribution in [0.3, 0.4) is 0 Å². The Bertz CT molecular complexity index is 339. The maximum Gasteiger partial charge on any atom is 0.224 e. The maximum atomic E-state index is 11.7. The summed E-state index contributed by atoms with van der Waals surface area (Å²) in [6, 6.07) is -0.315. The van der Waals surface area contributed by atoms with Gasteiger partial charge in [-0.05, 0) is 26.3 Å². The molecule has 102 valence electrons. The van der Waals surface area contributed by atoms with Crippen molar-refractivity contribution in [1.29, 1.82) is 0 Å². The quantitative estimate of drug-likeness (QED) is 0.759. The van der Waals surface area contributed by atoms with E-state index in [2.05, 4.69) is 10.6 Å². The number of nitrogens with one attached hydrogen (secondary N) is 2. The molecule has 1 rings (SSSR count). The third-order valence-electron chi connectivity index (χ3n) is 2.61. The number of amides is 1. The van der Waals surface area contributed by atoms with Crippen molar-refractivity contribution in [2.45, 2.75) is 25.8 Å². The van der Waals surface area contributed by atoms with Gasteiger partial charge in [0, 0.05) is 18.8 Å². The van der Waals surface area contributed by atoms with E-state index in [1.165, 1.54) is 6.26 Å². The van der Waals surface area contributed by atoms with Gasteiger partial charge in [-0.2, -0.15) is 0 Å². The molecule has 1 unspecified atom stereocenters. The molecular formula is C10H21ClN2O3S. The molecule has 1 saturated heterocycles. The molecule has 0 aliphatic carbocycles. The van der Waals surface area contributed by atoms with Crippen LogP contribution in [0.2, 0.25) is 0 Å². The fourth-order valence-electron chi connectivity index (χ4n) is 1.93. The second kappa shape index (κ2) is 7.18. The zero-order valence-electron chi connectivity index (χ0n) is 10.2. The molecule has 1 aliphatic rings. The predicted molar refractivity (Wildman–Crippen MR) is 70.2 cm³/mol. The van der Waals surface area contributed by atoms with Gasteiger partial charge in [-0.3, -0.25) is 4.79 Å². The van der Waals surface area contributed by atoms with Gasteiger partial charge in [-0.15, -0.1) is 12.4 Å². The highest BCUT2D eigenvalue weighted by atomic mass is 35.5. The molecule has 17 heavy (non-hydrogen) atoms. The molecule has 7 heteroatoms. The van der Waals surface area contributed by atoms with Crippen molar-refractivity contribution in [3.8, 4) is 0 Å². The molecule has 2 N–H and O–H groups in total. The van der Waals surface area contributed by atoms with Gasteiger partial charge in [-0.25, -0.2) is 8.42 Å². The first-order chi connectivity index (χ1) is 7.38. The topological polar surface area (TPSA) is 75.3 Å².